The van der Waals surface area contributed by atoms with Crippen molar-refractivity contribution in [2.24, 2.45) is 5.73 Å². The van der Waals surface area contributed by atoms with Crippen molar-refractivity contribution in [1.82, 2.24) is 0 Å². The summed E-state index contributed by atoms with van der Waals surface area (Å²) in [6.45, 7) is 0.993. The highest BCUT2D eigenvalue weighted by Gasteiger charge is 2.24. The van der Waals surface area contributed by atoms with Gasteiger partial charge in [-0.2, -0.15) is 0 Å². The lowest BCUT2D eigenvalue weighted by Crippen LogP contribution is -2.42. The lowest BCUT2D eigenvalue weighted by Gasteiger charge is -2.37. The molecule has 0 bridgehead atoms. The Bertz CT molecular complexity index is 462. The van der Waals surface area contributed by atoms with E-state index in [2.05, 4.69) is 4.90 Å². The Kier molecular flexibility index (Phi) is 4.27. The van der Waals surface area contributed by atoms with E-state index in [9.17, 15) is 5.11 Å². The zero-order chi connectivity index (χ0) is 13.8. The van der Waals surface area contributed by atoms with E-state index in [-0.39, 0.29) is 18.5 Å². The van der Waals surface area contributed by atoms with E-state index in [1.165, 1.54) is 0 Å². The van der Waals surface area contributed by atoms with Crippen molar-refractivity contribution in [2.75, 3.05) is 25.2 Å². The molecule has 5 nitrogen and oxygen atoms in total. The number of amidine groups is 1. The Morgan fingerprint density at radius 1 is 1.53 bits per heavy atom. The van der Waals surface area contributed by atoms with Gasteiger partial charge in [0.2, 0.25) is 0 Å². The summed E-state index contributed by atoms with van der Waals surface area (Å²) in [5.41, 5.74) is 7.23. The predicted octanol–water partition coefficient (Wildman–Crippen LogP) is 1.33. The van der Waals surface area contributed by atoms with E-state index in [0.717, 1.165) is 37.2 Å². The van der Waals surface area contributed by atoms with Gasteiger partial charge in [-0.25, -0.2) is 0 Å². The molecule has 1 aliphatic heterocycles. The molecule has 5 heteroatoms. The SMILES string of the molecule is COc1ccc(C(=N)N)c(N2CCCCC2CO)c1. The van der Waals surface area contributed by atoms with Crippen molar-refractivity contribution in [2.45, 2.75) is 25.3 Å². The molecule has 0 radical (unpaired) electrons. The number of hydrogen-bond acceptors (Lipinski definition) is 4. The van der Waals surface area contributed by atoms with Crippen molar-refractivity contribution in [3.63, 3.8) is 0 Å². The molecule has 0 aliphatic carbocycles. The molecule has 1 heterocycles. The van der Waals surface area contributed by atoms with Gasteiger partial charge in [-0.1, -0.05) is 0 Å². The number of piperidine rings is 1. The highest BCUT2D eigenvalue weighted by Crippen LogP contribution is 2.31. The fourth-order valence-electron chi connectivity index (χ4n) is 2.61. The van der Waals surface area contributed by atoms with Crippen LogP contribution in [0.25, 0.3) is 0 Å². The molecule has 1 saturated heterocycles. The first-order valence-corrected chi connectivity index (χ1v) is 6.57. The maximum absolute atomic E-state index is 9.52. The first-order valence-electron chi connectivity index (χ1n) is 6.57. The zero-order valence-electron chi connectivity index (χ0n) is 11.2. The Morgan fingerprint density at radius 2 is 2.32 bits per heavy atom. The van der Waals surface area contributed by atoms with Gasteiger partial charge in [-0.3, -0.25) is 5.41 Å². The van der Waals surface area contributed by atoms with Crippen LogP contribution in [0.1, 0.15) is 24.8 Å². The van der Waals surface area contributed by atoms with Crippen molar-refractivity contribution >= 4 is 11.5 Å². The monoisotopic (exact) mass is 263 g/mol. The van der Waals surface area contributed by atoms with Crippen LogP contribution in [0.2, 0.25) is 0 Å². The number of benzene rings is 1. The molecule has 1 aliphatic rings. The van der Waals surface area contributed by atoms with Crippen LogP contribution in [0.3, 0.4) is 0 Å². The first kappa shape index (κ1) is 13.7. The summed E-state index contributed by atoms with van der Waals surface area (Å²) < 4.78 is 5.25. The topological polar surface area (TPSA) is 82.6 Å². The molecule has 19 heavy (non-hydrogen) atoms. The molecule has 0 aromatic heterocycles. The highest BCUT2D eigenvalue weighted by molar-refractivity contribution is 6.00. The van der Waals surface area contributed by atoms with Gasteiger partial charge in [0.1, 0.15) is 11.6 Å². The third kappa shape index (κ3) is 2.81. The number of ether oxygens (including phenoxy) is 1. The number of anilines is 1. The van der Waals surface area contributed by atoms with Crippen LogP contribution in [0.4, 0.5) is 5.69 Å². The van der Waals surface area contributed by atoms with Gasteiger partial charge in [-0.15, -0.1) is 0 Å². The number of rotatable bonds is 4. The minimum atomic E-state index is 0.0416. The largest absolute Gasteiger partial charge is 0.497 e. The second-order valence-electron chi connectivity index (χ2n) is 4.82. The average molecular weight is 263 g/mol. The molecule has 1 aromatic rings. The Balaban J connectivity index is 2.42. The van der Waals surface area contributed by atoms with E-state index in [1.807, 2.05) is 6.07 Å². The summed E-state index contributed by atoms with van der Waals surface area (Å²) >= 11 is 0. The lowest BCUT2D eigenvalue weighted by molar-refractivity contribution is 0.240. The van der Waals surface area contributed by atoms with Gasteiger partial charge in [-0.05, 0) is 31.4 Å². The third-order valence-electron chi connectivity index (χ3n) is 3.64. The molecule has 1 aromatic carbocycles. The second kappa shape index (κ2) is 5.93. The molecule has 2 rings (SSSR count). The number of nitrogens with zero attached hydrogens (tertiary/aromatic N) is 1. The van der Waals surface area contributed by atoms with Crippen LogP contribution in [-0.2, 0) is 0 Å². The van der Waals surface area contributed by atoms with Crippen LogP contribution >= 0.6 is 0 Å². The standard InChI is InChI=1S/C14H21N3O2/c1-19-11-5-6-12(14(15)16)13(8-11)17-7-3-2-4-10(17)9-18/h5-6,8,10,18H,2-4,7,9H2,1H3,(H3,15,16). The molecule has 0 saturated carbocycles. The Labute approximate surface area is 113 Å². The van der Waals surface area contributed by atoms with Gasteiger partial charge in [0.25, 0.3) is 0 Å². The molecule has 0 amide bonds. The van der Waals surface area contributed by atoms with Crippen LogP contribution < -0.4 is 15.4 Å². The predicted molar refractivity (Wildman–Crippen MR) is 76.1 cm³/mol. The van der Waals surface area contributed by atoms with E-state index >= 15 is 0 Å². The minimum absolute atomic E-state index is 0.0416. The average Bonchev–Trinajstić information content (AvgIpc) is 2.46. The maximum Gasteiger partial charge on any atom is 0.124 e. The van der Waals surface area contributed by atoms with Crippen molar-refractivity contribution in [3.8, 4) is 5.75 Å². The van der Waals surface area contributed by atoms with Crippen molar-refractivity contribution < 1.29 is 9.84 Å². The Morgan fingerprint density at radius 3 is 2.95 bits per heavy atom. The molecule has 1 atom stereocenters. The molecule has 1 fully saturated rings. The summed E-state index contributed by atoms with van der Waals surface area (Å²) in [5.74, 6) is 0.780. The summed E-state index contributed by atoms with van der Waals surface area (Å²) in [6.07, 6.45) is 3.18. The number of aliphatic hydroxyl groups excluding tert-OH is 1. The van der Waals surface area contributed by atoms with Crippen molar-refractivity contribution in [3.05, 3.63) is 23.8 Å². The van der Waals surface area contributed by atoms with Crippen LogP contribution in [-0.4, -0.2) is 37.2 Å². The van der Waals surface area contributed by atoms with E-state index in [4.69, 9.17) is 15.9 Å². The van der Waals surface area contributed by atoms with E-state index in [1.54, 1.807) is 19.2 Å². The van der Waals surface area contributed by atoms with E-state index < -0.39 is 0 Å². The van der Waals surface area contributed by atoms with Gasteiger partial charge in [0, 0.05) is 18.2 Å². The van der Waals surface area contributed by atoms with Gasteiger partial charge in [0.05, 0.1) is 25.4 Å². The first-order chi connectivity index (χ1) is 9.17. The number of methoxy groups -OCH3 is 1. The smallest absolute Gasteiger partial charge is 0.124 e. The van der Waals surface area contributed by atoms with Crippen LogP contribution in [0.5, 0.6) is 5.75 Å². The number of aliphatic hydroxyl groups is 1. The second-order valence-corrected chi connectivity index (χ2v) is 4.82. The molecular formula is C14H21N3O2. The maximum atomic E-state index is 9.52. The molecule has 1 unspecified atom stereocenters. The summed E-state index contributed by atoms with van der Waals surface area (Å²) in [4.78, 5) is 2.14. The van der Waals surface area contributed by atoms with Gasteiger partial charge in [0.15, 0.2) is 0 Å². The fourth-order valence-corrected chi connectivity index (χ4v) is 2.61. The highest BCUT2D eigenvalue weighted by atomic mass is 16.5. The van der Waals surface area contributed by atoms with Gasteiger partial charge < -0.3 is 20.5 Å². The summed E-state index contributed by atoms with van der Waals surface area (Å²) in [5, 5.41) is 17.2. The van der Waals surface area contributed by atoms with Crippen molar-refractivity contribution in [1.29, 1.82) is 5.41 Å². The van der Waals surface area contributed by atoms with Crippen LogP contribution in [0, 0.1) is 5.41 Å². The zero-order valence-corrected chi connectivity index (χ0v) is 11.2. The Hall–Kier alpha value is -1.75. The minimum Gasteiger partial charge on any atom is -0.497 e. The number of nitrogens with two attached hydrogens (primary N) is 1. The third-order valence-corrected chi connectivity index (χ3v) is 3.64. The molecule has 0 spiro atoms. The van der Waals surface area contributed by atoms with E-state index in [0.29, 0.717) is 5.56 Å². The lowest BCUT2D eigenvalue weighted by atomic mass is 10.00. The fraction of sp³-hybridized carbons (Fsp3) is 0.500. The molecule has 104 valence electrons. The van der Waals surface area contributed by atoms with Gasteiger partial charge >= 0.3 is 0 Å². The van der Waals surface area contributed by atoms with Crippen LogP contribution in [0.15, 0.2) is 18.2 Å². The molecular weight excluding hydrogens is 242 g/mol. The normalized spacial score (nSPS) is 19.3. The number of nitrogens with one attached hydrogen (secondary N) is 1. The number of hydrogen-bond donors (Lipinski definition) is 3. The summed E-state index contributed by atoms with van der Waals surface area (Å²) in [7, 11) is 1.62. The molecule has 4 N–H and O–H groups in total. The quantitative estimate of drug-likeness (QED) is 0.565. The summed E-state index contributed by atoms with van der Waals surface area (Å²) in [6, 6.07) is 5.60. The number of nitrogen functional groups attached to an aromatic ring is 1.